The number of hydrogen-bond donors (Lipinski definition) is 1. The maximum Gasteiger partial charge on any atom is 0.152 e. The molecular formula is C8H14FNO. The van der Waals surface area contributed by atoms with E-state index in [2.05, 4.69) is 5.32 Å². The van der Waals surface area contributed by atoms with Crippen molar-refractivity contribution in [3.05, 3.63) is 0 Å². The highest BCUT2D eigenvalue weighted by Crippen LogP contribution is 2.13. The second-order valence-corrected chi connectivity index (χ2v) is 3.35. The maximum atomic E-state index is 12.6. The van der Waals surface area contributed by atoms with E-state index in [1.54, 1.807) is 0 Å². The highest BCUT2D eigenvalue weighted by molar-refractivity contribution is 5.86. The summed E-state index contributed by atoms with van der Waals surface area (Å²) in [5.41, 5.74) is 0. The van der Waals surface area contributed by atoms with Gasteiger partial charge in [-0.15, -0.1) is 0 Å². The van der Waals surface area contributed by atoms with Gasteiger partial charge in [0.25, 0.3) is 0 Å². The molecule has 64 valence electrons. The van der Waals surface area contributed by atoms with E-state index in [0.717, 1.165) is 0 Å². The number of nitrogens with one attached hydrogen (secondary N) is 1. The molecule has 0 aromatic heterocycles. The number of ketones is 1. The van der Waals surface area contributed by atoms with Gasteiger partial charge in [0.15, 0.2) is 5.78 Å². The van der Waals surface area contributed by atoms with Crippen LogP contribution in [0.2, 0.25) is 0 Å². The van der Waals surface area contributed by atoms with Crippen LogP contribution in [-0.2, 0) is 4.79 Å². The number of carbonyl (C=O) groups is 1. The first kappa shape index (κ1) is 8.65. The minimum Gasteiger partial charge on any atom is -0.304 e. The molecule has 2 nitrogen and oxygen atoms in total. The van der Waals surface area contributed by atoms with Crippen LogP contribution in [0, 0.1) is 5.92 Å². The van der Waals surface area contributed by atoms with E-state index in [9.17, 15) is 9.18 Å². The summed E-state index contributed by atoms with van der Waals surface area (Å²) in [6.07, 6.45) is -0.473. The number of rotatable bonds is 2. The zero-order valence-corrected chi connectivity index (χ0v) is 6.93. The monoisotopic (exact) mass is 159 g/mol. The van der Waals surface area contributed by atoms with Gasteiger partial charge in [-0.05, 0) is 0 Å². The Kier molecular flexibility index (Phi) is 2.60. The molecule has 1 aliphatic rings. The Labute approximate surface area is 66.2 Å². The van der Waals surface area contributed by atoms with Crippen LogP contribution in [0.15, 0.2) is 0 Å². The van der Waals surface area contributed by atoms with E-state index in [1.807, 2.05) is 13.8 Å². The van der Waals surface area contributed by atoms with Crippen LogP contribution in [-0.4, -0.2) is 24.5 Å². The first-order chi connectivity index (χ1) is 5.11. The minimum absolute atomic E-state index is 0.0119. The average Bonchev–Trinajstić information content (AvgIpc) is 2.34. The molecule has 0 saturated carbocycles. The van der Waals surface area contributed by atoms with Gasteiger partial charge in [-0.3, -0.25) is 4.79 Å². The van der Waals surface area contributed by atoms with Crippen molar-refractivity contribution in [2.75, 3.05) is 6.54 Å². The second kappa shape index (κ2) is 3.30. The zero-order chi connectivity index (χ0) is 8.43. The van der Waals surface area contributed by atoms with Crippen molar-refractivity contribution < 1.29 is 9.18 Å². The van der Waals surface area contributed by atoms with Gasteiger partial charge >= 0.3 is 0 Å². The third kappa shape index (κ3) is 1.99. The second-order valence-electron chi connectivity index (χ2n) is 3.35. The van der Waals surface area contributed by atoms with Gasteiger partial charge in [-0.2, -0.15) is 0 Å². The summed E-state index contributed by atoms with van der Waals surface area (Å²) in [6, 6.07) is -0.231. The molecule has 1 N–H and O–H groups in total. The summed E-state index contributed by atoms with van der Waals surface area (Å²) < 4.78 is 12.6. The van der Waals surface area contributed by atoms with Crippen molar-refractivity contribution >= 4 is 5.78 Å². The fraction of sp³-hybridized carbons (Fsp3) is 0.875. The number of hydrogen-bond acceptors (Lipinski definition) is 2. The van der Waals surface area contributed by atoms with Gasteiger partial charge in [-0.1, -0.05) is 13.8 Å². The van der Waals surface area contributed by atoms with Gasteiger partial charge in [0.2, 0.25) is 0 Å². The average molecular weight is 159 g/mol. The third-order valence-corrected chi connectivity index (χ3v) is 1.99. The predicted octanol–water partition coefficient (Wildman–Crippen LogP) is 0.911. The largest absolute Gasteiger partial charge is 0.304 e. The van der Waals surface area contributed by atoms with Gasteiger partial charge in [-0.25, -0.2) is 4.39 Å². The maximum absolute atomic E-state index is 12.6. The van der Waals surface area contributed by atoms with E-state index in [4.69, 9.17) is 0 Å². The Morgan fingerprint density at radius 2 is 2.27 bits per heavy atom. The van der Waals surface area contributed by atoms with Crippen LogP contribution in [0.25, 0.3) is 0 Å². The van der Waals surface area contributed by atoms with Crippen molar-refractivity contribution in [3.63, 3.8) is 0 Å². The van der Waals surface area contributed by atoms with Gasteiger partial charge in [0.05, 0.1) is 6.04 Å². The summed E-state index contributed by atoms with van der Waals surface area (Å²) in [6.45, 7) is 4.02. The van der Waals surface area contributed by atoms with Gasteiger partial charge < -0.3 is 5.32 Å². The number of halogens is 1. The quantitative estimate of drug-likeness (QED) is 0.649. The van der Waals surface area contributed by atoms with Crippen LogP contribution < -0.4 is 5.32 Å². The summed E-state index contributed by atoms with van der Waals surface area (Å²) in [7, 11) is 0. The lowest BCUT2D eigenvalue weighted by molar-refractivity contribution is -0.123. The molecule has 1 fully saturated rings. The normalized spacial score (nSPS) is 31.3. The van der Waals surface area contributed by atoms with Crippen LogP contribution in [0.4, 0.5) is 4.39 Å². The molecule has 0 spiro atoms. The molecule has 0 amide bonds. The molecule has 0 bridgehead atoms. The summed E-state index contributed by atoms with van der Waals surface area (Å²) in [5.74, 6) is 0.142. The molecule has 1 heterocycles. The molecule has 2 atom stereocenters. The van der Waals surface area contributed by atoms with Crippen molar-refractivity contribution in [2.24, 2.45) is 5.92 Å². The van der Waals surface area contributed by atoms with Crippen molar-refractivity contribution in [1.82, 2.24) is 5.32 Å². The highest BCUT2D eigenvalue weighted by atomic mass is 19.1. The first-order valence-corrected chi connectivity index (χ1v) is 4.02. The molecule has 0 radical (unpaired) electrons. The fourth-order valence-corrected chi connectivity index (χ4v) is 1.31. The smallest absolute Gasteiger partial charge is 0.152 e. The fourth-order valence-electron chi connectivity index (χ4n) is 1.31. The Morgan fingerprint density at radius 3 is 2.64 bits per heavy atom. The Bertz CT molecular complexity index is 158. The molecule has 11 heavy (non-hydrogen) atoms. The van der Waals surface area contributed by atoms with E-state index in [-0.39, 0.29) is 17.7 Å². The molecule has 1 saturated heterocycles. The Morgan fingerprint density at radius 1 is 1.64 bits per heavy atom. The standard InChI is InChI=1S/C8H14FNO/c1-5(2)8(11)7-3-6(9)4-10-7/h5-7,10H,3-4H2,1-2H3/t6-,7-/m0/s1. The number of alkyl halides is 1. The summed E-state index contributed by atoms with van der Waals surface area (Å²) in [4.78, 5) is 11.3. The van der Waals surface area contributed by atoms with Crippen molar-refractivity contribution in [2.45, 2.75) is 32.5 Å². The number of Topliss-reactive ketones (excluding diaryl/α,β-unsaturated/α-hetero) is 1. The van der Waals surface area contributed by atoms with E-state index >= 15 is 0 Å². The van der Waals surface area contributed by atoms with Gasteiger partial charge in [0.1, 0.15) is 6.17 Å². The van der Waals surface area contributed by atoms with Gasteiger partial charge in [0, 0.05) is 18.9 Å². The highest BCUT2D eigenvalue weighted by Gasteiger charge is 2.29. The Hall–Kier alpha value is -0.440. The molecule has 0 aromatic carbocycles. The minimum atomic E-state index is -0.831. The van der Waals surface area contributed by atoms with E-state index < -0.39 is 6.17 Å². The predicted molar refractivity (Wildman–Crippen MR) is 41.1 cm³/mol. The number of carbonyl (C=O) groups excluding carboxylic acids is 1. The molecule has 1 rings (SSSR count). The molecule has 0 aromatic rings. The van der Waals surface area contributed by atoms with Crippen molar-refractivity contribution in [1.29, 1.82) is 0 Å². The first-order valence-electron chi connectivity index (χ1n) is 4.02. The molecule has 0 aliphatic carbocycles. The van der Waals surface area contributed by atoms with E-state index in [1.165, 1.54) is 0 Å². The van der Waals surface area contributed by atoms with Crippen LogP contribution in [0.1, 0.15) is 20.3 Å². The molecule has 1 aliphatic heterocycles. The van der Waals surface area contributed by atoms with Crippen LogP contribution >= 0.6 is 0 Å². The lowest BCUT2D eigenvalue weighted by Crippen LogP contribution is -2.33. The SMILES string of the molecule is CC(C)C(=O)[C@@H]1C[C@H](F)CN1. The molecular weight excluding hydrogens is 145 g/mol. The third-order valence-electron chi connectivity index (χ3n) is 1.99. The Balaban J connectivity index is 2.43. The van der Waals surface area contributed by atoms with Crippen molar-refractivity contribution in [3.8, 4) is 0 Å². The molecule has 3 heteroatoms. The zero-order valence-electron chi connectivity index (χ0n) is 6.93. The summed E-state index contributed by atoms with van der Waals surface area (Å²) in [5, 5.41) is 2.86. The summed E-state index contributed by atoms with van der Waals surface area (Å²) >= 11 is 0. The van der Waals surface area contributed by atoms with E-state index in [0.29, 0.717) is 13.0 Å². The lowest BCUT2D eigenvalue weighted by atomic mass is 10.0. The topological polar surface area (TPSA) is 29.1 Å². The van der Waals surface area contributed by atoms with Crippen LogP contribution in [0.3, 0.4) is 0 Å². The lowest BCUT2D eigenvalue weighted by Gasteiger charge is -2.10. The van der Waals surface area contributed by atoms with Crippen LogP contribution in [0.5, 0.6) is 0 Å². The molecule has 0 unspecified atom stereocenters.